The minimum Gasteiger partial charge on any atom is -0.481 e. The first-order chi connectivity index (χ1) is 6.40. The highest BCUT2D eigenvalue weighted by atomic mass is 16.5. The monoisotopic (exact) mass is 175 g/mol. The van der Waals surface area contributed by atoms with Crippen LogP contribution in [0.25, 0.3) is 11.3 Å². The van der Waals surface area contributed by atoms with Crippen molar-refractivity contribution in [2.24, 2.45) is 0 Å². The van der Waals surface area contributed by atoms with Gasteiger partial charge in [0.15, 0.2) is 0 Å². The fourth-order valence-electron chi connectivity index (χ4n) is 1.10. The maximum absolute atomic E-state index is 5.01. The maximum atomic E-state index is 5.01. The van der Waals surface area contributed by atoms with Crippen molar-refractivity contribution in [1.82, 2.24) is 15.0 Å². The summed E-state index contributed by atoms with van der Waals surface area (Å²) in [5, 5.41) is 0. The molecule has 0 aliphatic carbocycles. The van der Waals surface area contributed by atoms with Crippen LogP contribution >= 0.6 is 0 Å². The molecule has 4 nitrogen and oxygen atoms in total. The molecule has 0 amide bonds. The maximum Gasteiger partial charge on any atom is 0.213 e. The standard InChI is InChI=1S/C9H9N3O/c1-13-9-4-7(2-3-11-9)8-5-10-6-12-8/h2-6H,1H3,(H,10,12). The summed E-state index contributed by atoms with van der Waals surface area (Å²) in [5.41, 5.74) is 1.98. The molecule has 13 heavy (non-hydrogen) atoms. The smallest absolute Gasteiger partial charge is 0.213 e. The molecule has 0 spiro atoms. The van der Waals surface area contributed by atoms with Gasteiger partial charge in [-0.05, 0) is 6.07 Å². The number of nitrogens with one attached hydrogen (secondary N) is 1. The first-order valence-corrected chi connectivity index (χ1v) is 3.89. The van der Waals surface area contributed by atoms with Crippen molar-refractivity contribution in [3.05, 3.63) is 30.9 Å². The van der Waals surface area contributed by atoms with Crippen LogP contribution in [0.1, 0.15) is 0 Å². The first kappa shape index (κ1) is 7.79. The highest BCUT2D eigenvalue weighted by Crippen LogP contribution is 2.18. The summed E-state index contributed by atoms with van der Waals surface area (Å²) in [6.45, 7) is 0. The molecular formula is C9H9N3O. The van der Waals surface area contributed by atoms with Gasteiger partial charge in [0.05, 0.1) is 25.3 Å². The van der Waals surface area contributed by atoms with Crippen molar-refractivity contribution in [1.29, 1.82) is 0 Å². The van der Waals surface area contributed by atoms with Crippen LogP contribution < -0.4 is 4.74 Å². The molecule has 4 heteroatoms. The van der Waals surface area contributed by atoms with Gasteiger partial charge in [-0.2, -0.15) is 0 Å². The molecule has 2 heterocycles. The van der Waals surface area contributed by atoms with Crippen molar-refractivity contribution in [2.45, 2.75) is 0 Å². The molecule has 0 unspecified atom stereocenters. The van der Waals surface area contributed by atoms with Crippen LogP contribution in [-0.4, -0.2) is 22.1 Å². The van der Waals surface area contributed by atoms with Crippen LogP contribution in [0, 0.1) is 0 Å². The molecule has 0 saturated carbocycles. The zero-order valence-corrected chi connectivity index (χ0v) is 7.19. The lowest BCUT2D eigenvalue weighted by Gasteiger charge is -2.00. The lowest BCUT2D eigenvalue weighted by Crippen LogP contribution is -1.87. The Morgan fingerprint density at radius 3 is 3.08 bits per heavy atom. The molecule has 0 radical (unpaired) electrons. The summed E-state index contributed by atoms with van der Waals surface area (Å²) in [5.74, 6) is 0.604. The van der Waals surface area contributed by atoms with Gasteiger partial charge in [-0.25, -0.2) is 9.97 Å². The van der Waals surface area contributed by atoms with E-state index in [1.807, 2.05) is 12.1 Å². The Hall–Kier alpha value is -1.84. The summed E-state index contributed by atoms with van der Waals surface area (Å²) in [6.07, 6.45) is 5.10. The topological polar surface area (TPSA) is 50.8 Å². The van der Waals surface area contributed by atoms with Crippen molar-refractivity contribution >= 4 is 0 Å². The Morgan fingerprint density at radius 2 is 2.38 bits per heavy atom. The summed E-state index contributed by atoms with van der Waals surface area (Å²) < 4.78 is 5.01. The van der Waals surface area contributed by atoms with Gasteiger partial charge >= 0.3 is 0 Å². The zero-order valence-electron chi connectivity index (χ0n) is 7.19. The van der Waals surface area contributed by atoms with Crippen molar-refractivity contribution in [2.75, 3.05) is 7.11 Å². The van der Waals surface area contributed by atoms with E-state index >= 15 is 0 Å². The molecule has 0 bridgehead atoms. The SMILES string of the molecule is COc1cc(-c2cnc[nH]2)ccn1. The molecule has 0 fully saturated rings. The number of pyridine rings is 1. The highest BCUT2D eigenvalue weighted by Gasteiger charge is 2.00. The van der Waals surface area contributed by atoms with Crippen LogP contribution in [0.15, 0.2) is 30.9 Å². The van der Waals surface area contributed by atoms with E-state index in [-0.39, 0.29) is 0 Å². The molecule has 2 aromatic rings. The summed E-state index contributed by atoms with van der Waals surface area (Å²) in [6, 6.07) is 3.75. The number of aromatic amines is 1. The minimum atomic E-state index is 0.604. The largest absolute Gasteiger partial charge is 0.481 e. The number of imidazole rings is 1. The van der Waals surface area contributed by atoms with Crippen LogP contribution in [0.4, 0.5) is 0 Å². The third-order valence-electron chi connectivity index (χ3n) is 1.75. The average Bonchev–Trinajstić information content (AvgIpc) is 2.71. The van der Waals surface area contributed by atoms with Crippen molar-refractivity contribution in [3.8, 4) is 17.1 Å². The predicted octanol–water partition coefficient (Wildman–Crippen LogP) is 1.48. The Morgan fingerprint density at radius 1 is 1.46 bits per heavy atom. The number of ether oxygens (including phenoxy) is 1. The fraction of sp³-hybridized carbons (Fsp3) is 0.111. The highest BCUT2D eigenvalue weighted by molar-refractivity contribution is 5.58. The van der Waals surface area contributed by atoms with Gasteiger partial charge in [0.1, 0.15) is 0 Å². The number of rotatable bonds is 2. The molecule has 0 atom stereocenters. The predicted molar refractivity (Wildman–Crippen MR) is 48.4 cm³/mol. The molecule has 0 aliphatic heterocycles. The first-order valence-electron chi connectivity index (χ1n) is 3.89. The summed E-state index contributed by atoms with van der Waals surface area (Å²) >= 11 is 0. The second kappa shape index (κ2) is 3.26. The molecule has 0 saturated heterocycles. The summed E-state index contributed by atoms with van der Waals surface area (Å²) in [7, 11) is 1.60. The zero-order chi connectivity index (χ0) is 9.10. The van der Waals surface area contributed by atoms with Gasteiger partial charge in [-0.1, -0.05) is 0 Å². The Balaban J connectivity index is 2.41. The van der Waals surface area contributed by atoms with E-state index in [1.54, 1.807) is 25.8 Å². The second-order valence-electron chi connectivity index (χ2n) is 2.55. The Labute approximate surface area is 75.6 Å². The normalized spacial score (nSPS) is 9.92. The molecule has 1 N–H and O–H groups in total. The van der Waals surface area contributed by atoms with E-state index < -0.39 is 0 Å². The summed E-state index contributed by atoms with van der Waals surface area (Å²) in [4.78, 5) is 11.0. The van der Waals surface area contributed by atoms with Crippen molar-refractivity contribution in [3.63, 3.8) is 0 Å². The van der Waals surface area contributed by atoms with E-state index in [4.69, 9.17) is 4.74 Å². The van der Waals surface area contributed by atoms with Crippen LogP contribution in [0.3, 0.4) is 0 Å². The molecule has 0 aromatic carbocycles. The van der Waals surface area contributed by atoms with E-state index in [0.29, 0.717) is 5.88 Å². The molecular weight excluding hydrogens is 166 g/mol. The number of nitrogens with zero attached hydrogens (tertiary/aromatic N) is 2. The average molecular weight is 175 g/mol. The number of hydrogen-bond donors (Lipinski definition) is 1. The number of H-pyrrole nitrogens is 1. The molecule has 2 aromatic heterocycles. The second-order valence-corrected chi connectivity index (χ2v) is 2.55. The Bertz CT molecular complexity index is 384. The lowest BCUT2D eigenvalue weighted by atomic mass is 10.2. The van der Waals surface area contributed by atoms with E-state index in [1.165, 1.54) is 0 Å². The quantitative estimate of drug-likeness (QED) is 0.752. The van der Waals surface area contributed by atoms with Crippen LogP contribution in [0.2, 0.25) is 0 Å². The third kappa shape index (κ3) is 1.51. The van der Waals surface area contributed by atoms with Gasteiger partial charge in [0.25, 0.3) is 0 Å². The van der Waals surface area contributed by atoms with E-state index in [2.05, 4.69) is 15.0 Å². The van der Waals surface area contributed by atoms with Gasteiger partial charge < -0.3 is 9.72 Å². The van der Waals surface area contributed by atoms with Gasteiger partial charge in [0, 0.05) is 17.8 Å². The molecule has 66 valence electrons. The van der Waals surface area contributed by atoms with Gasteiger partial charge in [-0.3, -0.25) is 0 Å². The fourth-order valence-corrected chi connectivity index (χ4v) is 1.10. The third-order valence-corrected chi connectivity index (χ3v) is 1.75. The van der Waals surface area contributed by atoms with E-state index in [0.717, 1.165) is 11.3 Å². The lowest BCUT2D eigenvalue weighted by molar-refractivity contribution is 0.398. The minimum absolute atomic E-state index is 0.604. The van der Waals surface area contributed by atoms with E-state index in [9.17, 15) is 0 Å². The number of aromatic nitrogens is 3. The Kier molecular flexibility index (Phi) is 1.96. The van der Waals surface area contributed by atoms with Crippen molar-refractivity contribution < 1.29 is 4.74 Å². The van der Waals surface area contributed by atoms with Gasteiger partial charge in [-0.15, -0.1) is 0 Å². The van der Waals surface area contributed by atoms with Gasteiger partial charge in [0.2, 0.25) is 5.88 Å². The molecule has 2 rings (SSSR count). The van der Waals surface area contributed by atoms with Crippen LogP contribution in [0.5, 0.6) is 5.88 Å². The number of hydrogen-bond acceptors (Lipinski definition) is 3. The number of methoxy groups -OCH3 is 1. The molecule has 0 aliphatic rings. The van der Waals surface area contributed by atoms with Crippen LogP contribution in [-0.2, 0) is 0 Å².